The average Bonchev–Trinajstić information content (AvgIpc) is 2.63. The van der Waals surface area contributed by atoms with Crippen LogP contribution in [0.25, 0.3) is 0 Å². The van der Waals surface area contributed by atoms with Crippen LogP contribution in [0, 0.1) is 0 Å². The summed E-state index contributed by atoms with van der Waals surface area (Å²) in [6.45, 7) is 1.79. The van der Waals surface area contributed by atoms with Crippen molar-refractivity contribution in [2.75, 3.05) is 31.1 Å². The number of hydrogen-bond donors (Lipinski definition) is 1. The average molecular weight is 392 g/mol. The van der Waals surface area contributed by atoms with E-state index in [0.29, 0.717) is 29.7 Å². The highest BCUT2D eigenvalue weighted by molar-refractivity contribution is 6.31. The number of carbonyl (C=O) groups is 2. The van der Waals surface area contributed by atoms with Crippen molar-refractivity contribution in [3.63, 3.8) is 0 Å². The third kappa shape index (κ3) is 4.75. The molecule has 1 aliphatic rings. The van der Waals surface area contributed by atoms with Gasteiger partial charge in [0.2, 0.25) is 11.8 Å². The predicted molar refractivity (Wildman–Crippen MR) is 104 cm³/mol. The largest absolute Gasteiger partial charge is 0.330 e. The Morgan fingerprint density at radius 1 is 1.04 bits per heavy atom. The second-order valence-electron chi connectivity index (χ2n) is 6.07. The number of amides is 2. The van der Waals surface area contributed by atoms with Crippen molar-refractivity contribution >= 4 is 40.7 Å². The van der Waals surface area contributed by atoms with Crippen molar-refractivity contribution < 1.29 is 9.59 Å². The van der Waals surface area contributed by atoms with Crippen LogP contribution in [0.3, 0.4) is 0 Å². The van der Waals surface area contributed by atoms with Gasteiger partial charge < -0.3 is 15.1 Å². The van der Waals surface area contributed by atoms with Crippen LogP contribution < -0.4 is 10.2 Å². The molecule has 1 aliphatic heterocycles. The predicted octanol–water partition coefficient (Wildman–Crippen LogP) is 2.96. The Morgan fingerprint density at radius 2 is 1.81 bits per heavy atom. The van der Waals surface area contributed by atoms with E-state index in [9.17, 15) is 9.59 Å². The SMILES string of the molecule is O=C(CNCc1ccc(Cl)cc1)N1CCN(c2cccc(Cl)c2)C(=O)C1. The van der Waals surface area contributed by atoms with Gasteiger partial charge in [-0.25, -0.2) is 0 Å². The minimum atomic E-state index is -0.107. The van der Waals surface area contributed by atoms with E-state index in [2.05, 4.69) is 5.32 Å². The molecule has 0 saturated carbocycles. The molecule has 0 bridgehead atoms. The second-order valence-corrected chi connectivity index (χ2v) is 6.94. The molecule has 1 fully saturated rings. The second kappa shape index (κ2) is 8.54. The first-order valence-corrected chi connectivity index (χ1v) is 9.07. The minimum Gasteiger partial charge on any atom is -0.330 e. The number of rotatable bonds is 5. The van der Waals surface area contributed by atoms with E-state index in [1.807, 2.05) is 36.4 Å². The van der Waals surface area contributed by atoms with E-state index in [1.165, 1.54) is 0 Å². The Hall–Kier alpha value is -2.08. The molecular weight excluding hydrogens is 373 g/mol. The zero-order valence-electron chi connectivity index (χ0n) is 14.1. The summed E-state index contributed by atoms with van der Waals surface area (Å²) in [6, 6.07) is 14.6. The molecule has 3 rings (SSSR count). The van der Waals surface area contributed by atoms with Crippen molar-refractivity contribution in [1.29, 1.82) is 0 Å². The maximum Gasteiger partial charge on any atom is 0.246 e. The third-order valence-corrected chi connectivity index (χ3v) is 4.70. The van der Waals surface area contributed by atoms with Crippen LogP contribution in [-0.4, -0.2) is 42.9 Å². The molecule has 26 heavy (non-hydrogen) atoms. The summed E-state index contributed by atoms with van der Waals surface area (Å²) in [4.78, 5) is 28.0. The lowest BCUT2D eigenvalue weighted by Crippen LogP contribution is -2.54. The summed E-state index contributed by atoms with van der Waals surface area (Å²) in [5.41, 5.74) is 1.81. The molecule has 5 nitrogen and oxygen atoms in total. The summed E-state index contributed by atoms with van der Waals surface area (Å²) < 4.78 is 0. The number of benzene rings is 2. The van der Waals surface area contributed by atoms with Crippen molar-refractivity contribution in [2.24, 2.45) is 0 Å². The van der Waals surface area contributed by atoms with Gasteiger partial charge in [0, 0.05) is 35.4 Å². The van der Waals surface area contributed by atoms with Crippen molar-refractivity contribution in [2.45, 2.75) is 6.54 Å². The molecule has 2 aromatic rings. The quantitative estimate of drug-likeness (QED) is 0.852. The standard InChI is InChI=1S/C19H19Cl2N3O2/c20-15-6-4-14(5-7-15)11-22-12-18(25)23-8-9-24(19(26)13-23)17-3-1-2-16(21)10-17/h1-7,10,22H,8-9,11-13H2. The van der Waals surface area contributed by atoms with Crippen LogP contribution >= 0.6 is 23.2 Å². The van der Waals surface area contributed by atoms with E-state index in [-0.39, 0.29) is 24.9 Å². The van der Waals surface area contributed by atoms with E-state index in [0.717, 1.165) is 11.3 Å². The monoisotopic (exact) mass is 391 g/mol. The highest BCUT2D eigenvalue weighted by Gasteiger charge is 2.27. The lowest BCUT2D eigenvalue weighted by molar-refractivity contribution is -0.136. The maximum absolute atomic E-state index is 12.4. The smallest absolute Gasteiger partial charge is 0.246 e. The topological polar surface area (TPSA) is 52.7 Å². The van der Waals surface area contributed by atoms with Crippen molar-refractivity contribution in [3.8, 4) is 0 Å². The Kier molecular flexibility index (Phi) is 6.14. The molecule has 0 unspecified atom stereocenters. The van der Waals surface area contributed by atoms with Gasteiger partial charge >= 0.3 is 0 Å². The molecule has 1 N–H and O–H groups in total. The molecule has 0 spiro atoms. The number of anilines is 1. The fourth-order valence-electron chi connectivity index (χ4n) is 2.83. The summed E-state index contributed by atoms with van der Waals surface area (Å²) in [7, 11) is 0. The normalized spacial score (nSPS) is 14.6. The summed E-state index contributed by atoms with van der Waals surface area (Å²) in [5.74, 6) is -0.192. The highest BCUT2D eigenvalue weighted by Crippen LogP contribution is 2.21. The first-order valence-electron chi connectivity index (χ1n) is 8.32. The minimum absolute atomic E-state index is 0.0774. The molecule has 0 atom stereocenters. The summed E-state index contributed by atoms with van der Waals surface area (Å²) in [5, 5.41) is 4.37. The van der Waals surface area contributed by atoms with E-state index in [4.69, 9.17) is 23.2 Å². The number of nitrogens with one attached hydrogen (secondary N) is 1. The molecule has 2 amide bonds. The van der Waals surface area contributed by atoms with Gasteiger partial charge in [0.05, 0.1) is 6.54 Å². The molecule has 0 aliphatic carbocycles. The lowest BCUT2D eigenvalue weighted by Gasteiger charge is -2.34. The van der Waals surface area contributed by atoms with Gasteiger partial charge in [-0.05, 0) is 35.9 Å². The van der Waals surface area contributed by atoms with Gasteiger partial charge in [-0.2, -0.15) is 0 Å². The Labute approximate surface area is 162 Å². The molecule has 1 saturated heterocycles. The Morgan fingerprint density at radius 3 is 2.50 bits per heavy atom. The van der Waals surface area contributed by atoms with E-state index >= 15 is 0 Å². The number of hydrogen-bond acceptors (Lipinski definition) is 3. The molecule has 7 heteroatoms. The molecule has 0 radical (unpaired) electrons. The van der Waals surface area contributed by atoms with Gasteiger partial charge in [-0.3, -0.25) is 9.59 Å². The van der Waals surface area contributed by atoms with Crippen molar-refractivity contribution in [3.05, 3.63) is 64.1 Å². The van der Waals surface area contributed by atoms with Crippen LogP contribution in [-0.2, 0) is 16.1 Å². The van der Waals surface area contributed by atoms with Gasteiger partial charge in [-0.1, -0.05) is 41.4 Å². The van der Waals surface area contributed by atoms with E-state index < -0.39 is 0 Å². The Bertz CT molecular complexity index is 796. The van der Waals surface area contributed by atoms with Crippen LogP contribution in [0.15, 0.2) is 48.5 Å². The summed E-state index contributed by atoms with van der Waals surface area (Å²) in [6.07, 6.45) is 0. The van der Waals surface area contributed by atoms with Gasteiger partial charge in [-0.15, -0.1) is 0 Å². The maximum atomic E-state index is 12.4. The van der Waals surface area contributed by atoms with Gasteiger partial charge in [0.15, 0.2) is 0 Å². The highest BCUT2D eigenvalue weighted by atomic mass is 35.5. The fourth-order valence-corrected chi connectivity index (χ4v) is 3.14. The first-order chi connectivity index (χ1) is 12.5. The van der Waals surface area contributed by atoms with Gasteiger partial charge in [0.1, 0.15) is 6.54 Å². The fraction of sp³-hybridized carbons (Fsp3) is 0.263. The zero-order valence-corrected chi connectivity index (χ0v) is 15.6. The van der Waals surface area contributed by atoms with Crippen molar-refractivity contribution in [1.82, 2.24) is 10.2 Å². The van der Waals surface area contributed by atoms with Crippen LogP contribution in [0.5, 0.6) is 0 Å². The van der Waals surface area contributed by atoms with E-state index in [1.54, 1.807) is 21.9 Å². The third-order valence-electron chi connectivity index (χ3n) is 4.21. The van der Waals surface area contributed by atoms with Gasteiger partial charge in [0.25, 0.3) is 0 Å². The number of nitrogens with zero attached hydrogens (tertiary/aromatic N) is 2. The number of piperazine rings is 1. The molecule has 0 aromatic heterocycles. The molecule has 136 valence electrons. The number of halogens is 2. The lowest BCUT2D eigenvalue weighted by atomic mass is 10.2. The van der Waals surface area contributed by atoms with Crippen LogP contribution in [0.2, 0.25) is 10.0 Å². The molecule has 1 heterocycles. The number of carbonyl (C=O) groups excluding carboxylic acids is 2. The Balaban J connectivity index is 1.49. The molecular formula is C19H19Cl2N3O2. The molecule has 2 aromatic carbocycles. The first kappa shape index (κ1) is 18.7. The summed E-state index contributed by atoms with van der Waals surface area (Å²) >= 11 is 11.8. The van der Waals surface area contributed by atoms with Crippen LogP contribution in [0.1, 0.15) is 5.56 Å². The zero-order chi connectivity index (χ0) is 18.5. The van der Waals surface area contributed by atoms with Crippen LogP contribution in [0.4, 0.5) is 5.69 Å².